The highest BCUT2D eigenvalue weighted by atomic mass is 32.1. The average Bonchev–Trinajstić information content (AvgIpc) is 3.18. The molecular formula is C21H19N3O3S. The van der Waals surface area contributed by atoms with Crippen LogP contribution in [0.1, 0.15) is 11.3 Å². The zero-order valence-electron chi connectivity index (χ0n) is 15.8. The number of aryl methyl sites for hydroxylation is 1. The Kier molecular flexibility index (Phi) is 4.83. The number of fused-ring (bicyclic) bond motifs is 1. The molecule has 0 fully saturated rings. The van der Waals surface area contributed by atoms with Gasteiger partial charge in [-0.1, -0.05) is 12.1 Å². The van der Waals surface area contributed by atoms with Gasteiger partial charge in [0.25, 0.3) is 5.56 Å². The van der Waals surface area contributed by atoms with Crippen LogP contribution in [-0.2, 0) is 6.54 Å². The Morgan fingerprint density at radius 2 is 1.93 bits per heavy atom. The number of para-hydroxylation sites is 1. The van der Waals surface area contributed by atoms with E-state index in [-0.39, 0.29) is 5.56 Å². The van der Waals surface area contributed by atoms with Crippen molar-refractivity contribution in [2.24, 2.45) is 0 Å². The van der Waals surface area contributed by atoms with Crippen LogP contribution in [0.2, 0.25) is 0 Å². The lowest BCUT2D eigenvalue weighted by molar-refractivity contribution is 0.355. The Morgan fingerprint density at radius 1 is 1.11 bits per heavy atom. The Bertz CT molecular complexity index is 1210. The SMILES string of the molecule is COc1ccc(-c2nc(Cn3cnc4c(C)cccc4c3=O)cs2)cc1OC. The van der Waals surface area contributed by atoms with Crippen LogP contribution in [0, 0.1) is 6.92 Å². The molecule has 2 heterocycles. The van der Waals surface area contributed by atoms with E-state index < -0.39 is 0 Å². The summed E-state index contributed by atoms with van der Waals surface area (Å²) in [5.74, 6) is 1.33. The molecule has 28 heavy (non-hydrogen) atoms. The summed E-state index contributed by atoms with van der Waals surface area (Å²) in [7, 11) is 3.21. The third-order valence-electron chi connectivity index (χ3n) is 4.57. The first kappa shape index (κ1) is 18.2. The summed E-state index contributed by atoms with van der Waals surface area (Å²) in [6, 6.07) is 11.3. The molecule has 0 spiro atoms. The first-order chi connectivity index (χ1) is 13.6. The van der Waals surface area contributed by atoms with Crippen LogP contribution in [0.3, 0.4) is 0 Å². The molecule has 2 aromatic heterocycles. The predicted octanol–water partition coefficient (Wildman–Crippen LogP) is 3.89. The van der Waals surface area contributed by atoms with Gasteiger partial charge in [0.1, 0.15) is 5.01 Å². The number of thiazole rings is 1. The van der Waals surface area contributed by atoms with Gasteiger partial charge in [0.15, 0.2) is 11.5 Å². The van der Waals surface area contributed by atoms with Crippen LogP contribution >= 0.6 is 11.3 Å². The minimum Gasteiger partial charge on any atom is -0.493 e. The van der Waals surface area contributed by atoms with Crippen molar-refractivity contribution in [1.82, 2.24) is 14.5 Å². The van der Waals surface area contributed by atoms with Crippen molar-refractivity contribution in [3.8, 4) is 22.1 Å². The van der Waals surface area contributed by atoms with Gasteiger partial charge in [-0.05, 0) is 36.8 Å². The van der Waals surface area contributed by atoms with Crippen molar-refractivity contribution in [1.29, 1.82) is 0 Å². The molecule has 0 N–H and O–H groups in total. The van der Waals surface area contributed by atoms with Crippen LogP contribution in [0.25, 0.3) is 21.5 Å². The third-order valence-corrected chi connectivity index (χ3v) is 5.51. The second-order valence-electron chi connectivity index (χ2n) is 6.36. The van der Waals surface area contributed by atoms with Gasteiger partial charge >= 0.3 is 0 Å². The van der Waals surface area contributed by atoms with E-state index in [9.17, 15) is 4.79 Å². The number of hydrogen-bond donors (Lipinski definition) is 0. The van der Waals surface area contributed by atoms with E-state index >= 15 is 0 Å². The molecule has 0 saturated heterocycles. The molecule has 142 valence electrons. The molecule has 0 amide bonds. The van der Waals surface area contributed by atoms with Crippen LogP contribution in [0.5, 0.6) is 11.5 Å². The maximum atomic E-state index is 12.8. The van der Waals surface area contributed by atoms with Gasteiger partial charge < -0.3 is 9.47 Å². The largest absolute Gasteiger partial charge is 0.493 e. The van der Waals surface area contributed by atoms with Crippen LogP contribution < -0.4 is 15.0 Å². The fourth-order valence-electron chi connectivity index (χ4n) is 3.11. The summed E-state index contributed by atoms with van der Waals surface area (Å²) >= 11 is 1.52. The Hall–Kier alpha value is -3.19. The van der Waals surface area contributed by atoms with Crippen LogP contribution in [0.4, 0.5) is 0 Å². The molecule has 0 aliphatic heterocycles. The summed E-state index contributed by atoms with van der Waals surface area (Å²) in [6.07, 6.45) is 1.59. The summed E-state index contributed by atoms with van der Waals surface area (Å²) in [4.78, 5) is 21.9. The van der Waals surface area contributed by atoms with Gasteiger partial charge in [0, 0.05) is 10.9 Å². The lowest BCUT2D eigenvalue weighted by Gasteiger charge is -2.08. The second kappa shape index (κ2) is 7.44. The average molecular weight is 393 g/mol. The Morgan fingerprint density at radius 3 is 2.71 bits per heavy atom. The topological polar surface area (TPSA) is 66.2 Å². The maximum Gasteiger partial charge on any atom is 0.261 e. The first-order valence-electron chi connectivity index (χ1n) is 8.72. The molecule has 0 bridgehead atoms. The fourth-order valence-corrected chi connectivity index (χ4v) is 3.91. The summed E-state index contributed by atoms with van der Waals surface area (Å²) in [5.41, 5.74) is 3.42. The van der Waals surface area contributed by atoms with E-state index in [1.165, 1.54) is 11.3 Å². The minimum atomic E-state index is -0.0608. The van der Waals surface area contributed by atoms with E-state index in [2.05, 4.69) is 9.97 Å². The standard InChI is InChI=1S/C21H19N3O3S/c1-13-5-4-6-16-19(13)22-12-24(21(16)25)10-15-11-28-20(23-15)14-7-8-17(26-2)18(9-14)27-3/h4-9,11-12H,10H2,1-3H3. The molecule has 6 nitrogen and oxygen atoms in total. The highest BCUT2D eigenvalue weighted by molar-refractivity contribution is 7.13. The predicted molar refractivity (Wildman–Crippen MR) is 110 cm³/mol. The Balaban J connectivity index is 1.65. The van der Waals surface area contributed by atoms with Gasteiger partial charge in [-0.25, -0.2) is 9.97 Å². The normalized spacial score (nSPS) is 11.0. The number of methoxy groups -OCH3 is 2. The number of aromatic nitrogens is 3. The number of ether oxygens (including phenoxy) is 2. The Labute approximate surface area is 166 Å². The number of benzene rings is 2. The number of nitrogens with zero attached hydrogens (tertiary/aromatic N) is 3. The van der Waals surface area contributed by atoms with Crippen molar-refractivity contribution in [2.75, 3.05) is 14.2 Å². The zero-order valence-corrected chi connectivity index (χ0v) is 16.6. The third kappa shape index (κ3) is 3.25. The van der Waals surface area contributed by atoms with Crippen molar-refractivity contribution < 1.29 is 9.47 Å². The highest BCUT2D eigenvalue weighted by Crippen LogP contribution is 2.33. The van der Waals surface area contributed by atoms with Gasteiger partial charge in [0.2, 0.25) is 0 Å². The van der Waals surface area contributed by atoms with Crippen molar-refractivity contribution in [2.45, 2.75) is 13.5 Å². The molecule has 4 aromatic rings. The maximum absolute atomic E-state index is 12.8. The molecule has 2 aromatic carbocycles. The minimum absolute atomic E-state index is 0.0608. The molecular weight excluding hydrogens is 374 g/mol. The lowest BCUT2D eigenvalue weighted by atomic mass is 10.1. The quantitative estimate of drug-likeness (QED) is 0.515. The molecule has 7 heteroatoms. The van der Waals surface area contributed by atoms with E-state index in [4.69, 9.17) is 9.47 Å². The number of rotatable bonds is 5. The lowest BCUT2D eigenvalue weighted by Crippen LogP contribution is -2.21. The van der Waals surface area contributed by atoms with Crippen molar-refractivity contribution in [3.05, 3.63) is 69.7 Å². The second-order valence-corrected chi connectivity index (χ2v) is 7.22. The highest BCUT2D eigenvalue weighted by Gasteiger charge is 2.11. The zero-order chi connectivity index (χ0) is 19.7. The smallest absolute Gasteiger partial charge is 0.261 e. The molecule has 4 rings (SSSR count). The van der Waals surface area contributed by atoms with Crippen molar-refractivity contribution >= 4 is 22.2 Å². The number of hydrogen-bond acceptors (Lipinski definition) is 6. The molecule has 0 aliphatic carbocycles. The summed E-state index contributed by atoms with van der Waals surface area (Å²) in [6.45, 7) is 2.33. The molecule has 0 aliphatic rings. The molecule has 0 saturated carbocycles. The monoisotopic (exact) mass is 393 g/mol. The van der Waals surface area contributed by atoms with Crippen molar-refractivity contribution in [3.63, 3.8) is 0 Å². The van der Waals surface area contributed by atoms with Gasteiger partial charge in [-0.3, -0.25) is 9.36 Å². The van der Waals surface area contributed by atoms with Gasteiger partial charge in [0.05, 0.1) is 43.7 Å². The summed E-state index contributed by atoms with van der Waals surface area (Å²) in [5, 5.41) is 3.44. The van der Waals surface area contributed by atoms with E-state index in [0.717, 1.165) is 27.3 Å². The molecule has 0 radical (unpaired) electrons. The first-order valence-corrected chi connectivity index (χ1v) is 9.60. The fraction of sp³-hybridized carbons (Fsp3) is 0.190. The molecule has 0 unspecified atom stereocenters. The van der Waals surface area contributed by atoms with E-state index in [0.29, 0.717) is 23.4 Å². The molecule has 0 atom stereocenters. The van der Waals surface area contributed by atoms with Crippen LogP contribution in [0.15, 0.2) is 52.9 Å². The van der Waals surface area contributed by atoms with E-state index in [1.807, 2.05) is 48.7 Å². The van der Waals surface area contributed by atoms with E-state index in [1.54, 1.807) is 25.1 Å². The summed E-state index contributed by atoms with van der Waals surface area (Å²) < 4.78 is 12.2. The van der Waals surface area contributed by atoms with Gasteiger partial charge in [-0.2, -0.15) is 0 Å². The van der Waals surface area contributed by atoms with Crippen LogP contribution in [-0.4, -0.2) is 28.8 Å². The van der Waals surface area contributed by atoms with Gasteiger partial charge in [-0.15, -0.1) is 11.3 Å².